The highest BCUT2D eigenvalue weighted by molar-refractivity contribution is 7.92. The van der Waals surface area contributed by atoms with E-state index >= 15 is 0 Å². The number of anilines is 1. The van der Waals surface area contributed by atoms with Gasteiger partial charge in [-0.15, -0.1) is 0 Å². The van der Waals surface area contributed by atoms with E-state index in [0.717, 1.165) is 4.31 Å². The minimum atomic E-state index is -4.20. The average molecular weight is 588 g/mol. The predicted molar refractivity (Wildman–Crippen MR) is 156 cm³/mol. The fourth-order valence-electron chi connectivity index (χ4n) is 4.23. The molecule has 3 rings (SSSR count). The van der Waals surface area contributed by atoms with Crippen LogP contribution in [0, 0.1) is 12.7 Å². The Kier molecular flexibility index (Phi) is 10.7. The molecule has 10 heteroatoms. The third kappa shape index (κ3) is 7.61. The van der Waals surface area contributed by atoms with Gasteiger partial charge in [-0.2, -0.15) is 0 Å². The molecular formula is C30H35ClFN3O4S. The molecule has 1 N–H and O–H groups in total. The second-order valence-electron chi connectivity index (χ2n) is 9.65. The Morgan fingerprint density at radius 3 is 2.23 bits per heavy atom. The summed E-state index contributed by atoms with van der Waals surface area (Å²) in [6.45, 7) is 6.73. The lowest BCUT2D eigenvalue weighted by Gasteiger charge is -2.34. The van der Waals surface area contributed by atoms with Crippen LogP contribution in [0.5, 0.6) is 0 Å². The van der Waals surface area contributed by atoms with Crippen LogP contribution in [0.4, 0.5) is 10.1 Å². The van der Waals surface area contributed by atoms with Gasteiger partial charge in [0.2, 0.25) is 11.8 Å². The summed E-state index contributed by atoms with van der Waals surface area (Å²) in [4.78, 5) is 28.7. The monoisotopic (exact) mass is 587 g/mol. The summed E-state index contributed by atoms with van der Waals surface area (Å²) in [6, 6.07) is 17.3. The van der Waals surface area contributed by atoms with Crippen molar-refractivity contribution in [3.8, 4) is 0 Å². The third-order valence-electron chi connectivity index (χ3n) is 6.70. The fourth-order valence-corrected chi connectivity index (χ4v) is 5.89. The van der Waals surface area contributed by atoms with Gasteiger partial charge in [0.1, 0.15) is 18.4 Å². The Morgan fingerprint density at radius 1 is 0.975 bits per heavy atom. The van der Waals surface area contributed by atoms with Crippen molar-refractivity contribution < 1.29 is 22.4 Å². The first-order valence-electron chi connectivity index (χ1n) is 13.2. The zero-order valence-electron chi connectivity index (χ0n) is 23.1. The molecule has 2 amide bonds. The Labute approximate surface area is 241 Å². The smallest absolute Gasteiger partial charge is 0.264 e. The molecule has 0 aliphatic carbocycles. The van der Waals surface area contributed by atoms with Crippen molar-refractivity contribution in [3.05, 3.63) is 94.8 Å². The molecule has 0 unspecified atom stereocenters. The number of hydrogen-bond acceptors (Lipinski definition) is 4. The van der Waals surface area contributed by atoms with Gasteiger partial charge in [0.15, 0.2) is 0 Å². The van der Waals surface area contributed by atoms with Crippen LogP contribution in [-0.4, -0.2) is 43.8 Å². The largest absolute Gasteiger partial charge is 0.352 e. The second-order valence-corrected chi connectivity index (χ2v) is 11.9. The van der Waals surface area contributed by atoms with Gasteiger partial charge >= 0.3 is 0 Å². The number of amides is 2. The van der Waals surface area contributed by atoms with Gasteiger partial charge in [0.05, 0.1) is 10.6 Å². The van der Waals surface area contributed by atoms with E-state index in [1.54, 1.807) is 44.2 Å². The molecule has 214 valence electrons. The van der Waals surface area contributed by atoms with Gasteiger partial charge in [-0.25, -0.2) is 12.8 Å². The van der Waals surface area contributed by atoms with Gasteiger partial charge in [-0.05, 0) is 74.2 Å². The van der Waals surface area contributed by atoms with E-state index in [1.807, 2.05) is 13.8 Å². The van der Waals surface area contributed by atoms with Crippen LogP contribution in [0.15, 0.2) is 77.7 Å². The number of nitrogens with zero attached hydrogens (tertiary/aromatic N) is 2. The lowest BCUT2D eigenvalue weighted by Crippen LogP contribution is -2.53. The summed E-state index contributed by atoms with van der Waals surface area (Å²) in [5.41, 5.74) is 1.45. The van der Waals surface area contributed by atoms with E-state index in [9.17, 15) is 22.4 Å². The number of aryl methyl sites for hydroxylation is 1. The van der Waals surface area contributed by atoms with Gasteiger partial charge in [-0.1, -0.05) is 61.8 Å². The molecule has 3 aromatic carbocycles. The molecule has 0 bridgehead atoms. The maximum absolute atomic E-state index is 14.1. The topological polar surface area (TPSA) is 86.8 Å². The van der Waals surface area contributed by atoms with Gasteiger partial charge in [-0.3, -0.25) is 13.9 Å². The Morgan fingerprint density at radius 2 is 1.62 bits per heavy atom. The summed E-state index contributed by atoms with van der Waals surface area (Å²) in [5.74, 6) is -1.36. The zero-order valence-corrected chi connectivity index (χ0v) is 24.7. The molecule has 40 heavy (non-hydrogen) atoms. The van der Waals surface area contributed by atoms with E-state index in [1.165, 1.54) is 47.4 Å². The van der Waals surface area contributed by atoms with Crippen LogP contribution < -0.4 is 9.62 Å². The van der Waals surface area contributed by atoms with Gasteiger partial charge in [0, 0.05) is 17.6 Å². The summed E-state index contributed by atoms with van der Waals surface area (Å²) in [6.07, 6.45) is 0.988. The van der Waals surface area contributed by atoms with E-state index in [4.69, 9.17) is 11.6 Å². The van der Waals surface area contributed by atoms with E-state index in [0.29, 0.717) is 22.6 Å². The van der Waals surface area contributed by atoms with Crippen LogP contribution in [-0.2, 0) is 26.2 Å². The third-order valence-corrected chi connectivity index (χ3v) is 8.71. The molecule has 0 aliphatic rings. The van der Waals surface area contributed by atoms with Gasteiger partial charge < -0.3 is 10.2 Å². The van der Waals surface area contributed by atoms with Crippen molar-refractivity contribution >= 4 is 39.1 Å². The molecule has 0 fully saturated rings. The summed E-state index contributed by atoms with van der Waals surface area (Å²) >= 11 is 6.25. The molecule has 0 saturated heterocycles. The van der Waals surface area contributed by atoms with Crippen molar-refractivity contribution in [3.63, 3.8) is 0 Å². The molecule has 0 spiro atoms. The van der Waals surface area contributed by atoms with Crippen molar-refractivity contribution in [2.75, 3.05) is 10.8 Å². The highest BCUT2D eigenvalue weighted by Gasteiger charge is 2.34. The molecule has 2 atom stereocenters. The predicted octanol–water partition coefficient (Wildman–Crippen LogP) is 5.70. The number of carbonyl (C=O) groups excluding carboxylic acids is 2. The molecular weight excluding hydrogens is 553 g/mol. The van der Waals surface area contributed by atoms with Crippen molar-refractivity contribution in [1.82, 2.24) is 10.2 Å². The quantitative estimate of drug-likeness (QED) is 0.294. The standard InChI is InChI=1S/C30H35ClFN3O4S/c1-5-22(4)33-30(37)27(6-2)34(19-23-13-16-25(32)17-14-23)29(36)20-35(28-18-24(31)15-12-21(28)3)40(38,39)26-10-8-7-9-11-26/h7-18,22,27H,5-6,19-20H2,1-4H3,(H,33,37)/t22-,27-/m0/s1. The first-order valence-corrected chi connectivity index (χ1v) is 15.0. The second kappa shape index (κ2) is 13.8. The maximum Gasteiger partial charge on any atom is 0.264 e. The minimum absolute atomic E-state index is 0.00816. The van der Waals surface area contributed by atoms with Crippen molar-refractivity contribution in [2.24, 2.45) is 0 Å². The van der Waals surface area contributed by atoms with Crippen molar-refractivity contribution in [2.45, 2.75) is 64.1 Å². The van der Waals surface area contributed by atoms with Crippen LogP contribution in [0.25, 0.3) is 0 Å². The number of hydrogen-bond donors (Lipinski definition) is 1. The Balaban J connectivity index is 2.08. The Hall–Kier alpha value is -3.43. The molecule has 0 heterocycles. The molecule has 0 radical (unpaired) electrons. The molecule has 3 aromatic rings. The summed E-state index contributed by atoms with van der Waals surface area (Å²) < 4.78 is 42.4. The van der Waals surface area contributed by atoms with E-state index < -0.39 is 34.3 Å². The molecule has 7 nitrogen and oxygen atoms in total. The minimum Gasteiger partial charge on any atom is -0.352 e. The van der Waals surface area contributed by atoms with Gasteiger partial charge in [0.25, 0.3) is 10.0 Å². The first kappa shape index (κ1) is 31.1. The summed E-state index contributed by atoms with van der Waals surface area (Å²) in [5, 5.41) is 3.24. The molecule has 0 aromatic heterocycles. The highest BCUT2D eigenvalue weighted by Crippen LogP contribution is 2.30. The number of benzene rings is 3. The lowest BCUT2D eigenvalue weighted by atomic mass is 10.1. The van der Waals surface area contributed by atoms with E-state index in [2.05, 4.69) is 5.32 Å². The number of nitrogens with one attached hydrogen (secondary N) is 1. The number of halogens is 2. The molecule has 0 saturated carbocycles. The van der Waals surface area contributed by atoms with Crippen LogP contribution >= 0.6 is 11.6 Å². The fraction of sp³-hybridized carbons (Fsp3) is 0.333. The first-order chi connectivity index (χ1) is 19.0. The maximum atomic E-state index is 14.1. The van der Waals surface area contributed by atoms with Crippen LogP contribution in [0.3, 0.4) is 0 Å². The van der Waals surface area contributed by atoms with E-state index in [-0.39, 0.29) is 35.5 Å². The number of carbonyl (C=O) groups is 2. The normalized spacial score (nSPS) is 12.8. The van der Waals surface area contributed by atoms with Crippen LogP contribution in [0.1, 0.15) is 44.7 Å². The lowest BCUT2D eigenvalue weighted by molar-refractivity contribution is -0.140. The van der Waals surface area contributed by atoms with Crippen molar-refractivity contribution in [1.29, 1.82) is 0 Å². The number of sulfonamides is 1. The SMILES string of the molecule is CC[C@H](C)NC(=O)[C@H](CC)N(Cc1ccc(F)cc1)C(=O)CN(c1cc(Cl)ccc1C)S(=O)(=O)c1ccccc1. The Bertz CT molecular complexity index is 1420. The molecule has 0 aliphatic heterocycles. The highest BCUT2D eigenvalue weighted by atomic mass is 35.5. The average Bonchev–Trinajstić information content (AvgIpc) is 2.94. The number of rotatable bonds is 12. The summed E-state index contributed by atoms with van der Waals surface area (Å²) in [7, 11) is -4.20. The zero-order chi connectivity index (χ0) is 29.4. The van der Waals surface area contributed by atoms with Crippen LogP contribution in [0.2, 0.25) is 5.02 Å².